The number of rotatable bonds is 5. The molecule has 2 aromatic heterocycles. The lowest BCUT2D eigenvalue weighted by Crippen LogP contribution is -2.39. The molecular formula is C21H22Cl2N4O2. The Morgan fingerprint density at radius 2 is 1.97 bits per heavy atom. The molecule has 0 radical (unpaired) electrons. The Morgan fingerprint density at radius 1 is 1.21 bits per heavy atom. The minimum Gasteiger partial charge on any atom is -0.392 e. The van der Waals surface area contributed by atoms with Crippen LogP contribution in [0.5, 0.6) is 0 Å². The van der Waals surface area contributed by atoms with Gasteiger partial charge in [0.25, 0.3) is 5.91 Å². The topological polar surface area (TPSA) is 93.2 Å². The highest BCUT2D eigenvalue weighted by Crippen LogP contribution is 2.39. The van der Waals surface area contributed by atoms with Crippen LogP contribution in [0.2, 0.25) is 5.15 Å². The maximum absolute atomic E-state index is 12.6. The fourth-order valence-corrected chi connectivity index (χ4v) is 3.92. The van der Waals surface area contributed by atoms with Crippen LogP contribution in [0.3, 0.4) is 0 Å². The van der Waals surface area contributed by atoms with Gasteiger partial charge in [-0.25, -0.2) is 4.98 Å². The molecule has 3 heterocycles. The van der Waals surface area contributed by atoms with Crippen molar-refractivity contribution in [2.24, 2.45) is 5.73 Å². The monoisotopic (exact) mass is 432 g/mol. The van der Waals surface area contributed by atoms with Crippen LogP contribution in [-0.4, -0.2) is 33.7 Å². The molecule has 1 aliphatic heterocycles. The number of hydrogen-bond acceptors (Lipinski definition) is 4. The first kappa shape index (κ1) is 21.3. The molecule has 8 heteroatoms. The van der Waals surface area contributed by atoms with Crippen LogP contribution < -0.4 is 11.1 Å². The normalized spacial score (nSPS) is 15.4. The molecule has 29 heavy (non-hydrogen) atoms. The zero-order valence-electron chi connectivity index (χ0n) is 15.6. The predicted molar refractivity (Wildman–Crippen MR) is 116 cm³/mol. The van der Waals surface area contributed by atoms with E-state index in [1.165, 1.54) is 0 Å². The van der Waals surface area contributed by atoms with E-state index in [0.29, 0.717) is 23.9 Å². The summed E-state index contributed by atoms with van der Waals surface area (Å²) in [4.78, 5) is 16.7. The fourth-order valence-electron chi connectivity index (χ4n) is 3.75. The predicted octanol–water partition coefficient (Wildman–Crippen LogP) is 3.42. The van der Waals surface area contributed by atoms with Gasteiger partial charge >= 0.3 is 0 Å². The van der Waals surface area contributed by atoms with Crippen molar-refractivity contribution in [2.45, 2.75) is 19.1 Å². The summed E-state index contributed by atoms with van der Waals surface area (Å²) in [5.74, 6) is -0.104. The molecule has 0 spiro atoms. The van der Waals surface area contributed by atoms with E-state index in [1.807, 2.05) is 36.4 Å². The van der Waals surface area contributed by atoms with Crippen molar-refractivity contribution in [3.63, 3.8) is 0 Å². The van der Waals surface area contributed by atoms with E-state index in [0.717, 1.165) is 34.4 Å². The number of aliphatic hydroxyl groups is 1. The molecule has 1 aromatic carbocycles. The Hall–Kier alpha value is -2.38. The summed E-state index contributed by atoms with van der Waals surface area (Å²) in [5, 5.41) is 12.7. The van der Waals surface area contributed by atoms with Gasteiger partial charge in [-0.3, -0.25) is 4.79 Å². The maximum Gasteiger partial charge on any atom is 0.268 e. The first-order chi connectivity index (χ1) is 13.6. The number of carbonyl (C=O) groups excluding carboxylic acids is 1. The summed E-state index contributed by atoms with van der Waals surface area (Å²) in [6.45, 7) is 1.05. The first-order valence-electron chi connectivity index (χ1n) is 9.18. The molecule has 0 saturated carbocycles. The van der Waals surface area contributed by atoms with Crippen LogP contribution >= 0.6 is 24.0 Å². The number of nitrogens with one attached hydrogen (secondary N) is 1. The van der Waals surface area contributed by atoms with Gasteiger partial charge in [0, 0.05) is 18.3 Å². The van der Waals surface area contributed by atoms with Crippen molar-refractivity contribution in [2.75, 3.05) is 13.1 Å². The number of nitrogens with zero attached hydrogens (tertiary/aromatic N) is 2. The van der Waals surface area contributed by atoms with Gasteiger partial charge in [-0.15, -0.1) is 12.4 Å². The molecule has 3 aromatic rings. The highest BCUT2D eigenvalue weighted by atomic mass is 35.5. The molecule has 1 atom stereocenters. The SMILES string of the molecule is Cl.NCCC1CNC(=O)c2cc(-c3ccnc(Cl)c3)c(-c3ccc(CO)cc3)n21. The van der Waals surface area contributed by atoms with Crippen LogP contribution in [0.25, 0.3) is 22.4 Å². The summed E-state index contributed by atoms with van der Waals surface area (Å²) in [7, 11) is 0. The highest BCUT2D eigenvalue weighted by molar-refractivity contribution is 6.29. The number of benzene rings is 1. The second-order valence-corrected chi connectivity index (χ2v) is 7.21. The number of amides is 1. The Bertz CT molecular complexity index is 1020. The second-order valence-electron chi connectivity index (χ2n) is 6.83. The standard InChI is InChI=1S/C21H21ClN4O2.ClH/c22-19-9-15(6-8-24-19)17-10-18-21(28)25-11-16(5-7-23)26(18)20(17)14-3-1-13(12-27)2-4-14;/h1-4,6,8-10,16,27H,5,7,11-12,23H2,(H,25,28);1H. The zero-order valence-corrected chi connectivity index (χ0v) is 17.2. The smallest absolute Gasteiger partial charge is 0.268 e. The summed E-state index contributed by atoms with van der Waals surface area (Å²) in [5.41, 5.74) is 11.0. The molecule has 0 fully saturated rings. The molecule has 4 rings (SSSR count). The van der Waals surface area contributed by atoms with E-state index >= 15 is 0 Å². The minimum atomic E-state index is -0.104. The van der Waals surface area contributed by atoms with E-state index in [9.17, 15) is 9.90 Å². The van der Waals surface area contributed by atoms with E-state index in [-0.39, 0.29) is 31.0 Å². The lowest BCUT2D eigenvalue weighted by molar-refractivity contribution is 0.0914. The molecule has 1 unspecified atom stereocenters. The van der Waals surface area contributed by atoms with E-state index in [1.54, 1.807) is 12.3 Å². The first-order valence-corrected chi connectivity index (χ1v) is 9.55. The Morgan fingerprint density at radius 3 is 2.62 bits per heavy atom. The Kier molecular flexibility index (Phi) is 6.59. The summed E-state index contributed by atoms with van der Waals surface area (Å²) in [6.07, 6.45) is 2.41. The Balaban J connectivity index is 0.00000240. The van der Waals surface area contributed by atoms with Crippen LogP contribution in [0.4, 0.5) is 0 Å². The highest BCUT2D eigenvalue weighted by Gasteiger charge is 2.30. The molecule has 152 valence electrons. The third-order valence-corrected chi connectivity index (χ3v) is 5.29. The van der Waals surface area contributed by atoms with Gasteiger partial charge < -0.3 is 20.7 Å². The number of pyridine rings is 1. The lowest BCUT2D eigenvalue weighted by Gasteiger charge is -2.28. The van der Waals surface area contributed by atoms with Crippen LogP contribution in [0.15, 0.2) is 48.7 Å². The average molecular weight is 433 g/mol. The number of carbonyl (C=O) groups is 1. The minimum absolute atomic E-state index is 0. The number of aromatic nitrogens is 2. The molecular weight excluding hydrogens is 411 g/mol. The van der Waals surface area contributed by atoms with Crippen LogP contribution in [-0.2, 0) is 6.61 Å². The van der Waals surface area contributed by atoms with Gasteiger partial charge in [0.2, 0.25) is 0 Å². The fraction of sp³-hybridized carbons (Fsp3) is 0.238. The van der Waals surface area contributed by atoms with Crippen molar-refractivity contribution in [1.29, 1.82) is 0 Å². The summed E-state index contributed by atoms with van der Waals surface area (Å²) >= 11 is 6.12. The molecule has 4 N–H and O–H groups in total. The van der Waals surface area contributed by atoms with E-state index in [4.69, 9.17) is 17.3 Å². The summed E-state index contributed by atoms with van der Waals surface area (Å²) in [6, 6.07) is 13.4. The number of hydrogen-bond donors (Lipinski definition) is 3. The van der Waals surface area contributed by atoms with Crippen molar-refractivity contribution in [3.8, 4) is 22.4 Å². The van der Waals surface area contributed by atoms with Crippen molar-refractivity contribution >= 4 is 29.9 Å². The molecule has 1 amide bonds. The van der Waals surface area contributed by atoms with Gasteiger partial charge in [-0.05, 0) is 47.9 Å². The molecule has 0 saturated heterocycles. The van der Waals surface area contributed by atoms with Crippen LogP contribution in [0, 0.1) is 0 Å². The van der Waals surface area contributed by atoms with Crippen molar-refractivity contribution in [3.05, 3.63) is 65.1 Å². The van der Waals surface area contributed by atoms with Crippen molar-refractivity contribution in [1.82, 2.24) is 14.9 Å². The Labute approximate surface area is 180 Å². The van der Waals surface area contributed by atoms with E-state index < -0.39 is 0 Å². The molecule has 0 aliphatic carbocycles. The number of fused-ring (bicyclic) bond motifs is 1. The van der Waals surface area contributed by atoms with E-state index in [2.05, 4.69) is 14.9 Å². The second kappa shape index (κ2) is 8.97. The van der Waals surface area contributed by atoms with Gasteiger partial charge in [-0.1, -0.05) is 35.9 Å². The third-order valence-electron chi connectivity index (χ3n) is 5.08. The molecule has 6 nitrogen and oxygen atoms in total. The van der Waals surface area contributed by atoms with Gasteiger partial charge in [0.15, 0.2) is 0 Å². The molecule has 1 aliphatic rings. The van der Waals surface area contributed by atoms with Gasteiger partial charge in [0.1, 0.15) is 10.8 Å². The zero-order chi connectivity index (χ0) is 19.7. The van der Waals surface area contributed by atoms with Gasteiger partial charge in [0.05, 0.1) is 18.3 Å². The average Bonchev–Trinajstić information content (AvgIpc) is 3.12. The summed E-state index contributed by atoms with van der Waals surface area (Å²) < 4.78 is 2.09. The number of nitrogens with two attached hydrogens (primary N) is 1. The largest absolute Gasteiger partial charge is 0.392 e. The van der Waals surface area contributed by atoms with Gasteiger partial charge in [-0.2, -0.15) is 0 Å². The van der Waals surface area contributed by atoms with Crippen LogP contribution in [0.1, 0.15) is 28.5 Å². The van der Waals surface area contributed by atoms with Crippen molar-refractivity contribution < 1.29 is 9.90 Å². The maximum atomic E-state index is 12.6. The molecule has 0 bridgehead atoms. The lowest BCUT2D eigenvalue weighted by atomic mass is 10.0. The quantitative estimate of drug-likeness (QED) is 0.538. The number of halogens is 2. The third kappa shape index (κ3) is 4.02. The number of aliphatic hydroxyl groups excluding tert-OH is 1.